The first-order valence-electron chi connectivity index (χ1n) is 11.5. The molecule has 4 aliphatic rings. The van der Waals surface area contributed by atoms with E-state index in [-0.39, 0.29) is 35.7 Å². The van der Waals surface area contributed by atoms with Gasteiger partial charge in [-0.25, -0.2) is 0 Å². The highest BCUT2D eigenvalue weighted by molar-refractivity contribution is 6.23. The highest BCUT2D eigenvalue weighted by Gasteiger charge is 2.70. The number of amides is 2. The summed E-state index contributed by atoms with van der Waals surface area (Å²) in [5.74, 6) is -0.251. The first-order valence-corrected chi connectivity index (χ1v) is 11.5. The van der Waals surface area contributed by atoms with Crippen molar-refractivity contribution in [3.63, 3.8) is 0 Å². The minimum atomic E-state index is -0.435. The van der Waals surface area contributed by atoms with Crippen molar-refractivity contribution in [1.29, 1.82) is 0 Å². The molecule has 2 bridgehead atoms. The molecule has 6 atom stereocenters. The number of anilines is 1. The van der Waals surface area contributed by atoms with E-state index in [4.69, 9.17) is 19.0 Å². The van der Waals surface area contributed by atoms with Crippen LogP contribution >= 0.6 is 0 Å². The van der Waals surface area contributed by atoms with Gasteiger partial charge >= 0.3 is 5.97 Å². The van der Waals surface area contributed by atoms with E-state index in [0.717, 1.165) is 17.7 Å². The highest BCUT2D eigenvalue weighted by atomic mass is 16.6. The molecule has 9 nitrogen and oxygen atoms in total. The van der Waals surface area contributed by atoms with Gasteiger partial charge in [0.2, 0.25) is 11.8 Å². The minimum absolute atomic E-state index is 0.0511. The van der Waals surface area contributed by atoms with E-state index in [2.05, 4.69) is 5.16 Å². The molecule has 2 aliphatic carbocycles. The van der Waals surface area contributed by atoms with Crippen molar-refractivity contribution in [2.75, 3.05) is 19.1 Å². The van der Waals surface area contributed by atoms with Gasteiger partial charge in [-0.3, -0.25) is 19.3 Å². The smallest absolute Gasteiger partial charge is 0.308 e. The van der Waals surface area contributed by atoms with E-state index in [0.29, 0.717) is 22.9 Å². The number of carbonyl (C=O) groups is 3. The first kappa shape index (κ1) is 21.6. The largest absolute Gasteiger partial charge is 0.497 e. The van der Waals surface area contributed by atoms with Gasteiger partial charge in [-0.15, -0.1) is 0 Å². The summed E-state index contributed by atoms with van der Waals surface area (Å²) in [4.78, 5) is 45.4. The number of methoxy groups -OCH3 is 2. The van der Waals surface area contributed by atoms with Crippen molar-refractivity contribution in [3.05, 3.63) is 48.0 Å². The van der Waals surface area contributed by atoms with Crippen molar-refractivity contribution < 1.29 is 33.4 Å². The molecule has 2 aliphatic heterocycles. The number of hydrogen-bond acceptors (Lipinski definition) is 8. The molecule has 6 unspecified atom stereocenters. The SMILES string of the molecule is COc1ccc(C2=NOC3C4CC(C23)C2C(=O)N(c3ccc(OC(C)=O)cc3)C(=O)C42)c(OC)c1. The predicted molar refractivity (Wildman–Crippen MR) is 123 cm³/mol. The maximum atomic E-state index is 13.6. The average Bonchev–Trinajstić information content (AvgIpc) is 3.59. The van der Waals surface area contributed by atoms with Crippen LogP contribution in [0.2, 0.25) is 0 Å². The molecular weight excluding hydrogens is 452 g/mol. The molecule has 1 saturated heterocycles. The van der Waals surface area contributed by atoms with Crippen LogP contribution in [0, 0.1) is 29.6 Å². The van der Waals surface area contributed by atoms with Gasteiger partial charge in [0.25, 0.3) is 0 Å². The van der Waals surface area contributed by atoms with Gasteiger partial charge < -0.3 is 19.0 Å². The van der Waals surface area contributed by atoms with Crippen molar-refractivity contribution in [2.45, 2.75) is 19.4 Å². The van der Waals surface area contributed by atoms with E-state index in [1.54, 1.807) is 44.6 Å². The molecule has 2 saturated carbocycles. The Bertz CT molecular complexity index is 1270. The standard InChI is InChI=1S/C26H24N2O7/c1-12(29)34-14-6-4-13(5-7-14)28-25(30)20-17-11-18(21(20)26(28)31)24-22(17)23(27-35-24)16-9-8-15(32-2)10-19(16)33-3/h4-10,17-18,20-22,24H,11H2,1-3H3. The zero-order valence-corrected chi connectivity index (χ0v) is 19.5. The third kappa shape index (κ3) is 3.07. The summed E-state index contributed by atoms with van der Waals surface area (Å²) in [5, 5.41) is 4.40. The number of esters is 1. The monoisotopic (exact) mass is 476 g/mol. The zero-order chi connectivity index (χ0) is 24.4. The van der Waals surface area contributed by atoms with E-state index in [1.165, 1.54) is 11.8 Å². The van der Waals surface area contributed by atoms with Gasteiger partial charge in [0.1, 0.15) is 23.4 Å². The Labute approximate surface area is 201 Å². The molecule has 6 rings (SSSR count). The van der Waals surface area contributed by atoms with E-state index < -0.39 is 17.8 Å². The van der Waals surface area contributed by atoms with Crippen LogP contribution < -0.4 is 19.1 Å². The van der Waals surface area contributed by atoms with Crippen LogP contribution in [-0.2, 0) is 19.2 Å². The fraction of sp³-hybridized carbons (Fsp3) is 0.385. The summed E-state index contributed by atoms with van der Waals surface area (Å²) in [6.07, 6.45) is 0.505. The Hall–Kier alpha value is -3.88. The number of carbonyl (C=O) groups excluding carboxylic acids is 3. The molecule has 2 amide bonds. The molecular formula is C26H24N2O7. The first-order chi connectivity index (χ1) is 16.9. The van der Waals surface area contributed by atoms with Gasteiger partial charge in [-0.05, 0) is 48.7 Å². The fourth-order valence-corrected chi connectivity index (χ4v) is 6.44. The molecule has 0 radical (unpaired) electrons. The normalized spacial score (nSPS) is 30.0. The van der Waals surface area contributed by atoms with Crippen molar-refractivity contribution in [1.82, 2.24) is 0 Å². The Balaban J connectivity index is 1.30. The number of ether oxygens (including phenoxy) is 3. The molecule has 180 valence electrons. The second-order valence-electron chi connectivity index (χ2n) is 9.35. The Morgan fingerprint density at radius 2 is 1.63 bits per heavy atom. The lowest BCUT2D eigenvalue weighted by molar-refractivity contribution is -0.132. The Morgan fingerprint density at radius 3 is 2.29 bits per heavy atom. The average molecular weight is 476 g/mol. The summed E-state index contributed by atoms with van der Waals surface area (Å²) < 4.78 is 16.0. The van der Waals surface area contributed by atoms with E-state index in [9.17, 15) is 14.4 Å². The lowest BCUT2D eigenvalue weighted by Gasteiger charge is -2.30. The molecule has 9 heteroatoms. The number of nitrogens with zero attached hydrogens (tertiary/aromatic N) is 2. The molecule has 0 aromatic heterocycles. The minimum Gasteiger partial charge on any atom is -0.497 e. The summed E-state index contributed by atoms with van der Waals surface area (Å²) in [6.45, 7) is 1.32. The fourth-order valence-electron chi connectivity index (χ4n) is 6.44. The van der Waals surface area contributed by atoms with Crippen molar-refractivity contribution >= 4 is 29.2 Å². The van der Waals surface area contributed by atoms with Gasteiger partial charge in [-0.2, -0.15) is 0 Å². The number of imide groups is 1. The molecule has 0 N–H and O–H groups in total. The van der Waals surface area contributed by atoms with Gasteiger partial charge in [0.05, 0.1) is 37.5 Å². The third-order valence-corrected chi connectivity index (χ3v) is 7.73. The number of rotatable bonds is 5. The molecule has 2 aromatic rings. The number of hydrogen-bond donors (Lipinski definition) is 0. The molecule has 3 fully saturated rings. The van der Waals surface area contributed by atoms with E-state index >= 15 is 0 Å². The second-order valence-corrected chi connectivity index (χ2v) is 9.35. The highest BCUT2D eigenvalue weighted by Crippen LogP contribution is 2.62. The maximum absolute atomic E-state index is 13.6. The molecule has 0 spiro atoms. The Kier molecular flexibility index (Phi) is 4.84. The molecule has 2 heterocycles. The van der Waals surface area contributed by atoms with Crippen LogP contribution in [0.1, 0.15) is 18.9 Å². The molecule has 2 aromatic carbocycles. The third-order valence-electron chi connectivity index (χ3n) is 7.73. The predicted octanol–water partition coefficient (Wildman–Crippen LogP) is 2.80. The van der Waals surface area contributed by atoms with Crippen LogP contribution in [0.5, 0.6) is 17.2 Å². The van der Waals surface area contributed by atoms with Gasteiger partial charge in [0.15, 0.2) is 0 Å². The van der Waals surface area contributed by atoms with E-state index in [1.807, 2.05) is 12.1 Å². The summed E-state index contributed by atoms with van der Waals surface area (Å²) in [5.41, 5.74) is 2.03. The Morgan fingerprint density at radius 1 is 0.943 bits per heavy atom. The summed E-state index contributed by atoms with van der Waals surface area (Å²) >= 11 is 0. The van der Waals surface area contributed by atoms with Gasteiger partial charge in [0, 0.05) is 30.4 Å². The summed E-state index contributed by atoms with van der Waals surface area (Å²) in [7, 11) is 3.18. The van der Waals surface area contributed by atoms with Crippen molar-refractivity contribution in [3.8, 4) is 17.2 Å². The topological polar surface area (TPSA) is 104 Å². The zero-order valence-electron chi connectivity index (χ0n) is 19.5. The van der Waals surface area contributed by atoms with Crippen molar-refractivity contribution in [2.24, 2.45) is 34.7 Å². The number of fused-ring (bicyclic) bond motifs is 8. The summed E-state index contributed by atoms with van der Waals surface area (Å²) in [6, 6.07) is 12.0. The lowest BCUT2D eigenvalue weighted by atomic mass is 9.71. The van der Waals surface area contributed by atoms with Crippen LogP contribution in [0.25, 0.3) is 0 Å². The second kappa shape index (κ2) is 7.83. The number of oxime groups is 1. The van der Waals surface area contributed by atoms with Crippen LogP contribution in [0.15, 0.2) is 47.6 Å². The molecule has 35 heavy (non-hydrogen) atoms. The number of benzene rings is 2. The lowest BCUT2D eigenvalue weighted by Crippen LogP contribution is -2.41. The van der Waals surface area contributed by atoms with Crippen LogP contribution in [0.4, 0.5) is 5.69 Å². The quantitative estimate of drug-likeness (QED) is 0.371. The van der Waals surface area contributed by atoms with Crippen LogP contribution in [-0.4, -0.2) is 43.8 Å². The van der Waals surface area contributed by atoms with Crippen LogP contribution in [0.3, 0.4) is 0 Å². The maximum Gasteiger partial charge on any atom is 0.308 e. The van der Waals surface area contributed by atoms with Gasteiger partial charge in [-0.1, -0.05) is 5.16 Å².